The summed E-state index contributed by atoms with van der Waals surface area (Å²) in [6, 6.07) is -0.583. The van der Waals surface area contributed by atoms with Gasteiger partial charge in [-0.3, -0.25) is 4.79 Å². The van der Waals surface area contributed by atoms with Crippen LogP contribution in [0.3, 0.4) is 0 Å². The van der Waals surface area contributed by atoms with E-state index in [2.05, 4.69) is 5.32 Å². The van der Waals surface area contributed by atoms with Crippen molar-refractivity contribution in [3.8, 4) is 0 Å². The van der Waals surface area contributed by atoms with Gasteiger partial charge in [-0.15, -0.1) is 0 Å². The van der Waals surface area contributed by atoms with E-state index in [0.717, 1.165) is 0 Å². The summed E-state index contributed by atoms with van der Waals surface area (Å²) in [5.74, 6) is -1.52. The zero-order chi connectivity index (χ0) is 9.35. The first-order chi connectivity index (χ1) is 5.43. The highest BCUT2D eigenvalue weighted by molar-refractivity contribution is 6.68. The van der Waals surface area contributed by atoms with E-state index >= 15 is 0 Å². The number of aliphatic carboxylic acids is 1. The SMILES string of the molecule is O=C(O)C1CCNC1C(Cl)(Cl)Cl. The maximum atomic E-state index is 10.6. The Labute approximate surface area is 85.0 Å². The van der Waals surface area contributed by atoms with Crippen molar-refractivity contribution in [2.45, 2.75) is 16.3 Å². The topological polar surface area (TPSA) is 49.3 Å². The van der Waals surface area contributed by atoms with Crippen molar-refractivity contribution in [1.82, 2.24) is 5.32 Å². The Hall–Kier alpha value is 0.300. The van der Waals surface area contributed by atoms with Crippen LogP contribution in [0.1, 0.15) is 6.42 Å². The van der Waals surface area contributed by atoms with Gasteiger partial charge >= 0.3 is 5.97 Å². The van der Waals surface area contributed by atoms with Gasteiger partial charge in [0, 0.05) is 0 Å². The quantitative estimate of drug-likeness (QED) is 0.672. The van der Waals surface area contributed by atoms with E-state index in [1.807, 2.05) is 0 Å². The molecule has 1 saturated heterocycles. The van der Waals surface area contributed by atoms with Crippen LogP contribution in [0.4, 0.5) is 0 Å². The van der Waals surface area contributed by atoms with Crippen LogP contribution < -0.4 is 5.32 Å². The lowest BCUT2D eigenvalue weighted by Gasteiger charge is -2.23. The van der Waals surface area contributed by atoms with Gasteiger partial charge < -0.3 is 10.4 Å². The molecule has 6 heteroatoms. The fourth-order valence-corrected chi connectivity index (χ4v) is 2.00. The highest BCUT2D eigenvalue weighted by Crippen LogP contribution is 2.37. The monoisotopic (exact) mass is 231 g/mol. The minimum Gasteiger partial charge on any atom is -0.481 e. The molecule has 3 nitrogen and oxygen atoms in total. The van der Waals surface area contributed by atoms with Gasteiger partial charge in [0.05, 0.1) is 12.0 Å². The fraction of sp³-hybridized carbons (Fsp3) is 0.833. The number of carboxylic acid groups (broad SMARTS) is 1. The lowest BCUT2D eigenvalue weighted by molar-refractivity contribution is -0.141. The van der Waals surface area contributed by atoms with Crippen LogP contribution in [0.5, 0.6) is 0 Å². The standard InChI is InChI=1S/C6H8Cl3NO2/c7-6(8,9)4-3(5(11)12)1-2-10-4/h3-4,10H,1-2H2,(H,11,12). The van der Waals surface area contributed by atoms with Gasteiger partial charge in [0.15, 0.2) is 0 Å². The minimum absolute atomic E-state index is 0.508. The molecule has 1 aliphatic rings. The van der Waals surface area contributed by atoms with Crippen molar-refractivity contribution < 1.29 is 9.90 Å². The molecular weight excluding hydrogens is 224 g/mol. The maximum absolute atomic E-state index is 10.6. The van der Waals surface area contributed by atoms with Crippen molar-refractivity contribution in [1.29, 1.82) is 0 Å². The average molecular weight is 232 g/mol. The van der Waals surface area contributed by atoms with Crippen molar-refractivity contribution >= 4 is 40.8 Å². The van der Waals surface area contributed by atoms with Crippen molar-refractivity contribution in [2.75, 3.05) is 6.54 Å². The molecule has 0 radical (unpaired) electrons. The largest absolute Gasteiger partial charge is 0.481 e. The molecule has 0 aromatic carbocycles. The van der Waals surface area contributed by atoms with Gasteiger partial charge in [-0.25, -0.2) is 0 Å². The Morgan fingerprint density at radius 1 is 1.50 bits per heavy atom. The summed E-state index contributed by atoms with van der Waals surface area (Å²) in [6.07, 6.45) is 0.508. The molecule has 0 spiro atoms. The van der Waals surface area contributed by atoms with Crippen LogP contribution in [0.25, 0.3) is 0 Å². The summed E-state index contributed by atoms with van der Waals surface area (Å²) in [4.78, 5) is 10.6. The van der Waals surface area contributed by atoms with Crippen LogP contribution >= 0.6 is 34.8 Å². The molecule has 0 amide bonds. The van der Waals surface area contributed by atoms with E-state index in [1.54, 1.807) is 0 Å². The number of hydrogen-bond acceptors (Lipinski definition) is 2. The first-order valence-electron chi connectivity index (χ1n) is 3.46. The summed E-state index contributed by atoms with van der Waals surface area (Å²) in [5, 5.41) is 11.6. The normalized spacial score (nSPS) is 30.6. The predicted molar refractivity (Wildman–Crippen MR) is 47.8 cm³/mol. The molecule has 70 valence electrons. The first-order valence-corrected chi connectivity index (χ1v) is 4.59. The Morgan fingerprint density at radius 3 is 2.42 bits per heavy atom. The number of hydrogen-bond donors (Lipinski definition) is 2. The predicted octanol–water partition coefficient (Wildman–Crippen LogP) is 1.42. The molecule has 1 fully saturated rings. The second-order valence-electron chi connectivity index (χ2n) is 2.71. The van der Waals surface area contributed by atoms with Gasteiger partial charge in [-0.1, -0.05) is 34.8 Å². The van der Waals surface area contributed by atoms with Gasteiger partial charge in [0.1, 0.15) is 0 Å². The van der Waals surface area contributed by atoms with Crippen molar-refractivity contribution in [2.24, 2.45) is 5.92 Å². The summed E-state index contributed by atoms with van der Waals surface area (Å²) in [5.41, 5.74) is 0. The molecule has 0 aromatic rings. The van der Waals surface area contributed by atoms with Gasteiger partial charge in [0.25, 0.3) is 0 Å². The highest BCUT2D eigenvalue weighted by atomic mass is 35.6. The highest BCUT2D eigenvalue weighted by Gasteiger charge is 2.44. The number of rotatable bonds is 1. The van der Waals surface area contributed by atoms with Gasteiger partial charge in [0.2, 0.25) is 3.79 Å². The van der Waals surface area contributed by atoms with Crippen LogP contribution in [0.2, 0.25) is 0 Å². The zero-order valence-electron chi connectivity index (χ0n) is 6.06. The average Bonchev–Trinajstić information content (AvgIpc) is 2.30. The molecule has 1 heterocycles. The number of carboxylic acids is 1. The van der Waals surface area contributed by atoms with E-state index in [9.17, 15) is 4.79 Å². The summed E-state index contributed by atoms with van der Waals surface area (Å²) in [7, 11) is 0. The number of halogens is 3. The van der Waals surface area contributed by atoms with E-state index in [4.69, 9.17) is 39.9 Å². The first kappa shape index (κ1) is 10.4. The van der Waals surface area contributed by atoms with Crippen LogP contribution in [-0.2, 0) is 4.79 Å². The summed E-state index contributed by atoms with van der Waals surface area (Å²) in [6.45, 7) is 0.579. The summed E-state index contributed by atoms with van der Waals surface area (Å²) < 4.78 is -1.54. The molecule has 0 saturated carbocycles. The van der Waals surface area contributed by atoms with Crippen molar-refractivity contribution in [3.63, 3.8) is 0 Å². The molecule has 12 heavy (non-hydrogen) atoms. The fourth-order valence-electron chi connectivity index (χ4n) is 1.31. The molecule has 0 aliphatic carbocycles. The molecular formula is C6H8Cl3NO2. The van der Waals surface area contributed by atoms with Crippen LogP contribution in [-0.4, -0.2) is 27.5 Å². The lowest BCUT2D eigenvalue weighted by Crippen LogP contribution is -2.42. The minimum atomic E-state index is -1.54. The van der Waals surface area contributed by atoms with E-state index in [0.29, 0.717) is 13.0 Å². The Balaban J connectivity index is 2.71. The van der Waals surface area contributed by atoms with Gasteiger partial charge in [-0.05, 0) is 13.0 Å². The number of alkyl halides is 3. The third kappa shape index (κ3) is 2.16. The molecule has 2 N–H and O–H groups in total. The van der Waals surface area contributed by atoms with Gasteiger partial charge in [-0.2, -0.15) is 0 Å². The smallest absolute Gasteiger partial charge is 0.308 e. The van der Waals surface area contributed by atoms with Crippen LogP contribution in [0.15, 0.2) is 0 Å². The third-order valence-corrected chi connectivity index (χ3v) is 2.60. The molecule has 1 aliphatic heterocycles. The molecule has 2 unspecified atom stereocenters. The second-order valence-corrected chi connectivity index (χ2v) is 5.08. The Morgan fingerprint density at radius 2 is 2.08 bits per heavy atom. The van der Waals surface area contributed by atoms with E-state index in [-0.39, 0.29) is 0 Å². The van der Waals surface area contributed by atoms with E-state index in [1.165, 1.54) is 0 Å². The number of carbonyl (C=O) groups is 1. The Bertz CT molecular complexity index is 192. The maximum Gasteiger partial charge on any atom is 0.308 e. The summed E-state index contributed by atoms with van der Waals surface area (Å²) >= 11 is 16.7. The lowest BCUT2D eigenvalue weighted by atomic mass is 10.0. The third-order valence-electron chi connectivity index (χ3n) is 1.89. The Kier molecular flexibility index (Phi) is 3.10. The van der Waals surface area contributed by atoms with Crippen molar-refractivity contribution in [3.05, 3.63) is 0 Å². The molecule has 2 atom stereocenters. The zero-order valence-corrected chi connectivity index (χ0v) is 8.33. The van der Waals surface area contributed by atoms with Crippen LogP contribution in [0, 0.1) is 5.92 Å². The molecule has 1 rings (SSSR count). The molecule has 0 aromatic heterocycles. The number of nitrogens with one attached hydrogen (secondary N) is 1. The second kappa shape index (κ2) is 3.58. The van der Waals surface area contributed by atoms with E-state index < -0.39 is 21.7 Å². The molecule has 0 bridgehead atoms.